The molecule has 0 aliphatic heterocycles. The van der Waals surface area contributed by atoms with Crippen LogP contribution in [0.1, 0.15) is 22.3 Å². The summed E-state index contributed by atoms with van der Waals surface area (Å²) in [4.78, 5) is 0. The lowest BCUT2D eigenvalue weighted by atomic mass is 9.94. The summed E-state index contributed by atoms with van der Waals surface area (Å²) in [6.07, 6.45) is 1.81. The summed E-state index contributed by atoms with van der Waals surface area (Å²) in [7, 11) is 1.67. The minimum Gasteiger partial charge on any atom is -0.496 e. The van der Waals surface area contributed by atoms with Crippen molar-refractivity contribution in [1.82, 2.24) is 0 Å². The van der Waals surface area contributed by atoms with Crippen molar-refractivity contribution in [2.24, 2.45) is 0 Å². The molecule has 0 saturated carbocycles. The van der Waals surface area contributed by atoms with E-state index in [1.807, 2.05) is 30.3 Å². The highest BCUT2D eigenvalue weighted by molar-refractivity contribution is 5.84. The van der Waals surface area contributed by atoms with Crippen LogP contribution in [0.15, 0.2) is 55.6 Å². The first kappa shape index (κ1) is 13.2. The fraction of sp³-hybridized carbons (Fsp3) is 0.111. The van der Waals surface area contributed by atoms with Crippen LogP contribution < -0.4 is 4.74 Å². The predicted octanol–water partition coefficient (Wildman–Crippen LogP) is 4.71. The van der Waals surface area contributed by atoms with Gasteiger partial charge in [0.1, 0.15) is 5.75 Å². The maximum atomic E-state index is 5.37. The van der Waals surface area contributed by atoms with E-state index < -0.39 is 0 Å². The Kier molecular flexibility index (Phi) is 3.86. The van der Waals surface area contributed by atoms with E-state index >= 15 is 0 Å². The molecule has 0 fully saturated rings. The Hall–Kier alpha value is -2.28. The zero-order valence-corrected chi connectivity index (χ0v) is 11.4. The molecule has 0 amide bonds. The molecule has 0 unspecified atom stereocenters. The van der Waals surface area contributed by atoms with Gasteiger partial charge in [-0.05, 0) is 29.7 Å². The fourth-order valence-corrected chi connectivity index (χ4v) is 2.18. The third kappa shape index (κ3) is 2.60. The van der Waals surface area contributed by atoms with Crippen molar-refractivity contribution < 1.29 is 4.74 Å². The number of aryl methyl sites for hydroxylation is 1. The molecule has 0 N–H and O–H groups in total. The molecular weight excluding hydrogens is 232 g/mol. The number of hydrogen-bond donors (Lipinski definition) is 0. The lowest BCUT2D eigenvalue weighted by Gasteiger charge is -2.13. The molecule has 0 atom stereocenters. The summed E-state index contributed by atoms with van der Waals surface area (Å²) < 4.78 is 5.37. The number of methoxy groups -OCH3 is 1. The quantitative estimate of drug-likeness (QED) is 0.763. The van der Waals surface area contributed by atoms with Crippen molar-refractivity contribution in [3.8, 4) is 5.75 Å². The summed E-state index contributed by atoms with van der Waals surface area (Å²) in [5, 5.41) is 0. The van der Waals surface area contributed by atoms with Crippen LogP contribution in [0.3, 0.4) is 0 Å². The van der Waals surface area contributed by atoms with Gasteiger partial charge in [0, 0.05) is 5.56 Å². The molecule has 0 heterocycles. The van der Waals surface area contributed by atoms with Gasteiger partial charge in [-0.1, -0.05) is 61.2 Å². The van der Waals surface area contributed by atoms with Crippen LogP contribution in [0, 0.1) is 6.92 Å². The molecule has 0 spiro atoms. The Labute approximate surface area is 114 Å². The van der Waals surface area contributed by atoms with Crippen molar-refractivity contribution in [2.45, 2.75) is 6.92 Å². The van der Waals surface area contributed by atoms with Gasteiger partial charge in [0.15, 0.2) is 0 Å². The van der Waals surface area contributed by atoms with Gasteiger partial charge in [0.25, 0.3) is 0 Å². The monoisotopic (exact) mass is 250 g/mol. The molecule has 2 rings (SSSR count). The molecule has 96 valence electrons. The van der Waals surface area contributed by atoms with Gasteiger partial charge in [0.05, 0.1) is 7.11 Å². The summed E-state index contributed by atoms with van der Waals surface area (Å²) in [6, 6.07) is 14.3. The van der Waals surface area contributed by atoms with Crippen molar-refractivity contribution in [3.63, 3.8) is 0 Å². The van der Waals surface area contributed by atoms with E-state index in [-0.39, 0.29) is 0 Å². The van der Waals surface area contributed by atoms with Crippen LogP contribution >= 0.6 is 0 Å². The van der Waals surface area contributed by atoms with Crippen LogP contribution in [0.25, 0.3) is 11.6 Å². The van der Waals surface area contributed by atoms with E-state index in [0.717, 1.165) is 28.0 Å². The third-order valence-corrected chi connectivity index (χ3v) is 3.18. The van der Waals surface area contributed by atoms with E-state index in [0.29, 0.717) is 0 Å². The van der Waals surface area contributed by atoms with Crippen molar-refractivity contribution in [3.05, 3.63) is 77.9 Å². The highest BCUT2D eigenvalue weighted by atomic mass is 16.5. The molecule has 0 radical (unpaired) electrons. The number of hydrogen-bond acceptors (Lipinski definition) is 1. The first-order chi connectivity index (χ1) is 9.17. The molecule has 1 nitrogen and oxygen atoms in total. The average Bonchev–Trinajstić information content (AvgIpc) is 2.45. The number of ether oxygens (including phenoxy) is 1. The Balaban J connectivity index is 2.53. The Bertz CT molecular complexity index is 623. The lowest BCUT2D eigenvalue weighted by molar-refractivity contribution is 0.413. The lowest BCUT2D eigenvalue weighted by Crippen LogP contribution is -1.94. The molecule has 2 aromatic rings. The normalized spacial score (nSPS) is 10.0. The molecular formula is C18H18O. The second-order valence-corrected chi connectivity index (χ2v) is 4.47. The van der Waals surface area contributed by atoms with Gasteiger partial charge in [-0.25, -0.2) is 0 Å². The topological polar surface area (TPSA) is 9.23 Å². The van der Waals surface area contributed by atoms with E-state index in [9.17, 15) is 0 Å². The molecule has 2 aromatic carbocycles. The van der Waals surface area contributed by atoms with Gasteiger partial charge >= 0.3 is 0 Å². The third-order valence-electron chi connectivity index (χ3n) is 3.18. The molecule has 0 bridgehead atoms. The predicted molar refractivity (Wildman–Crippen MR) is 82.4 cm³/mol. The minimum atomic E-state index is 0.821. The molecule has 19 heavy (non-hydrogen) atoms. The van der Waals surface area contributed by atoms with E-state index in [4.69, 9.17) is 4.74 Å². The zero-order chi connectivity index (χ0) is 13.8. The van der Waals surface area contributed by atoms with Gasteiger partial charge in [-0.3, -0.25) is 0 Å². The van der Waals surface area contributed by atoms with Gasteiger partial charge < -0.3 is 4.74 Å². The van der Waals surface area contributed by atoms with Crippen LogP contribution in [-0.4, -0.2) is 7.11 Å². The SMILES string of the molecule is C=Cc1c(OC)cccc1C(=C)c1cccc(C)c1. The van der Waals surface area contributed by atoms with Crippen LogP contribution in [0.2, 0.25) is 0 Å². The van der Waals surface area contributed by atoms with Crippen LogP contribution in [-0.2, 0) is 0 Å². The number of rotatable bonds is 4. The molecule has 0 aliphatic carbocycles. The van der Waals surface area contributed by atoms with E-state index in [2.05, 4.69) is 38.3 Å². The average molecular weight is 250 g/mol. The van der Waals surface area contributed by atoms with Crippen molar-refractivity contribution in [2.75, 3.05) is 7.11 Å². The van der Waals surface area contributed by atoms with Gasteiger partial charge in [-0.2, -0.15) is 0 Å². The largest absolute Gasteiger partial charge is 0.496 e. The second-order valence-electron chi connectivity index (χ2n) is 4.47. The first-order valence-corrected chi connectivity index (χ1v) is 6.23. The summed E-state index contributed by atoms with van der Waals surface area (Å²) >= 11 is 0. The summed E-state index contributed by atoms with van der Waals surface area (Å²) in [5.41, 5.74) is 5.37. The fourth-order valence-electron chi connectivity index (χ4n) is 2.18. The molecule has 0 aliphatic rings. The molecule has 0 saturated heterocycles. The molecule has 0 aromatic heterocycles. The highest BCUT2D eigenvalue weighted by Gasteiger charge is 2.10. The van der Waals surface area contributed by atoms with Gasteiger partial charge in [0.2, 0.25) is 0 Å². The van der Waals surface area contributed by atoms with E-state index in [1.54, 1.807) is 7.11 Å². The van der Waals surface area contributed by atoms with Gasteiger partial charge in [-0.15, -0.1) is 0 Å². The van der Waals surface area contributed by atoms with E-state index in [1.165, 1.54) is 5.56 Å². The first-order valence-electron chi connectivity index (χ1n) is 6.23. The van der Waals surface area contributed by atoms with Crippen LogP contribution in [0.4, 0.5) is 0 Å². The Morgan fingerprint density at radius 2 is 1.89 bits per heavy atom. The summed E-state index contributed by atoms with van der Waals surface area (Å²) in [5.74, 6) is 0.821. The van der Waals surface area contributed by atoms with Crippen molar-refractivity contribution in [1.29, 1.82) is 0 Å². The maximum absolute atomic E-state index is 5.37. The highest BCUT2D eigenvalue weighted by Crippen LogP contribution is 2.31. The standard InChI is InChI=1S/C18H18O/c1-5-16-17(10-7-11-18(16)19-4)14(3)15-9-6-8-13(2)12-15/h5-12H,1,3H2,2,4H3. The Morgan fingerprint density at radius 1 is 1.16 bits per heavy atom. The Morgan fingerprint density at radius 3 is 2.53 bits per heavy atom. The van der Waals surface area contributed by atoms with Crippen molar-refractivity contribution >= 4 is 11.6 Å². The maximum Gasteiger partial charge on any atom is 0.126 e. The minimum absolute atomic E-state index is 0.821. The molecule has 1 heteroatoms. The summed E-state index contributed by atoms with van der Waals surface area (Å²) in [6.45, 7) is 10.2. The number of benzene rings is 2. The van der Waals surface area contributed by atoms with Crippen LogP contribution in [0.5, 0.6) is 5.75 Å². The smallest absolute Gasteiger partial charge is 0.126 e. The zero-order valence-electron chi connectivity index (χ0n) is 11.4. The second kappa shape index (κ2) is 5.57.